The lowest BCUT2D eigenvalue weighted by molar-refractivity contribution is 0.0943. The molecule has 1 fully saturated rings. The highest BCUT2D eigenvalue weighted by Gasteiger charge is 2.39. The van der Waals surface area contributed by atoms with E-state index in [1.54, 1.807) is 24.3 Å². The molecular formula is C24H23ClFN5O5S. The summed E-state index contributed by atoms with van der Waals surface area (Å²) in [7, 11) is 1.40. The number of anilines is 1. The summed E-state index contributed by atoms with van der Waals surface area (Å²) in [6.07, 6.45) is 0.330. The number of rotatable bonds is 6. The Bertz CT molecular complexity index is 1400. The first kappa shape index (κ1) is 26.2. The number of amides is 4. The molecule has 10 nitrogen and oxygen atoms in total. The van der Waals surface area contributed by atoms with Gasteiger partial charge in [-0.15, -0.1) is 11.3 Å². The van der Waals surface area contributed by atoms with Crippen LogP contribution in [0.15, 0.2) is 59.5 Å². The van der Waals surface area contributed by atoms with Crippen molar-refractivity contribution >= 4 is 46.7 Å². The fourth-order valence-corrected chi connectivity index (χ4v) is 5.10. The Morgan fingerprint density at radius 2 is 1.97 bits per heavy atom. The maximum Gasteiger partial charge on any atom is 0.407 e. The lowest BCUT2D eigenvalue weighted by Gasteiger charge is -2.26. The molecule has 4 amide bonds. The highest BCUT2D eigenvalue weighted by molar-refractivity contribution is 7.18. The maximum absolute atomic E-state index is 14.8. The zero-order chi connectivity index (χ0) is 26.7. The van der Waals surface area contributed by atoms with Gasteiger partial charge in [0.25, 0.3) is 11.5 Å². The average molecular weight is 548 g/mol. The molecule has 0 aliphatic carbocycles. The number of hydrogen-bond donors (Lipinski definition) is 3. The van der Waals surface area contributed by atoms with Gasteiger partial charge >= 0.3 is 12.1 Å². The van der Waals surface area contributed by atoms with Gasteiger partial charge in [-0.25, -0.2) is 14.0 Å². The molecule has 1 aliphatic rings. The number of urea groups is 1. The van der Waals surface area contributed by atoms with Crippen molar-refractivity contribution in [2.45, 2.75) is 6.04 Å². The normalized spacial score (nSPS) is 16.9. The van der Waals surface area contributed by atoms with E-state index in [2.05, 4.69) is 10.6 Å². The molecule has 0 spiro atoms. The fraction of sp³-hybridized carbons (Fsp3) is 0.250. The quantitative estimate of drug-likeness (QED) is 0.435. The number of carbonyl (C=O) groups excluding carboxylic acids is 2. The third-order valence-corrected chi connectivity index (χ3v) is 7.34. The number of carbonyl (C=O) groups is 3. The number of nitrogens with one attached hydrogen (secondary N) is 2. The Hall–Kier alpha value is -3.90. The van der Waals surface area contributed by atoms with Crippen molar-refractivity contribution in [3.05, 3.63) is 80.1 Å². The number of pyridine rings is 1. The molecular weight excluding hydrogens is 525 g/mol. The molecule has 4 rings (SSSR count). The lowest BCUT2D eigenvalue weighted by atomic mass is 10.0. The van der Waals surface area contributed by atoms with Gasteiger partial charge in [0, 0.05) is 50.9 Å². The zero-order valence-corrected chi connectivity index (χ0v) is 21.1. The standard InChI is InChI=1S/C24H23ClFN5O5S/c1-29(24(35)36)18-13-30(12-14(18)11-27-22(33)19-7-8-20(25)37-19)23(34)28-17-6-5-15(10-16(17)26)31-9-3-2-4-21(31)32/h2-10,14,18H,11-13H2,1H3,(H,27,33)(H,28,34)(H,35,36)/t14?,18-/m0/s1. The molecule has 37 heavy (non-hydrogen) atoms. The monoisotopic (exact) mass is 547 g/mol. The zero-order valence-electron chi connectivity index (χ0n) is 19.6. The minimum Gasteiger partial charge on any atom is -0.465 e. The molecule has 2 aromatic heterocycles. The highest BCUT2D eigenvalue weighted by Crippen LogP contribution is 2.25. The second-order valence-corrected chi connectivity index (χ2v) is 10.2. The van der Waals surface area contributed by atoms with E-state index in [0.29, 0.717) is 14.9 Å². The largest absolute Gasteiger partial charge is 0.465 e. The van der Waals surface area contributed by atoms with Crippen LogP contribution in [0.4, 0.5) is 19.7 Å². The molecule has 194 valence electrons. The van der Waals surface area contributed by atoms with Crippen molar-refractivity contribution in [2.75, 3.05) is 32.0 Å². The molecule has 1 unspecified atom stereocenters. The van der Waals surface area contributed by atoms with Crippen molar-refractivity contribution in [1.29, 1.82) is 0 Å². The van der Waals surface area contributed by atoms with Gasteiger partial charge in [0.15, 0.2) is 0 Å². The van der Waals surface area contributed by atoms with Crippen LogP contribution in [0.5, 0.6) is 0 Å². The van der Waals surface area contributed by atoms with Crippen LogP contribution in [0.1, 0.15) is 9.67 Å². The van der Waals surface area contributed by atoms with E-state index in [0.717, 1.165) is 22.3 Å². The highest BCUT2D eigenvalue weighted by atomic mass is 35.5. The predicted octanol–water partition coefficient (Wildman–Crippen LogP) is 3.56. The van der Waals surface area contributed by atoms with Gasteiger partial charge in [0.05, 0.1) is 26.6 Å². The summed E-state index contributed by atoms with van der Waals surface area (Å²) in [5, 5.41) is 14.8. The number of likely N-dealkylation sites (tertiary alicyclic amines) is 1. The van der Waals surface area contributed by atoms with E-state index in [4.69, 9.17) is 11.6 Å². The third kappa shape index (κ3) is 5.92. The number of halogens is 2. The van der Waals surface area contributed by atoms with Gasteiger partial charge in [-0.2, -0.15) is 0 Å². The van der Waals surface area contributed by atoms with Crippen molar-refractivity contribution in [3.8, 4) is 5.69 Å². The molecule has 0 radical (unpaired) electrons. The van der Waals surface area contributed by atoms with Gasteiger partial charge in [0.1, 0.15) is 5.82 Å². The summed E-state index contributed by atoms with van der Waals surface area (Å²) >= 11 is 7.00. The fourth-order valence-electron chi connectivity index (χ4n) is 4.14. The molecule has 1 aromatic carbocycles. The van der Waals surface area contributed by atoms with Gasteiger partial charge in [0.2, 0.25) is 0 Å². The minimum atomic E-state index is -1.17. The SMILES string of the molecule is CN(C(=O)O)[C@H]1CN(C(=O)Nc2ccc(-n3ccccc3=O)cc2F)CC1CNC(=O)c1ccc(Cl)s1. The van der Waals surface area contributed by atoms with Crippen LogP contribution in [-0.4, -0.2) is 70.2 Å². The van der Waals surface area contributed by atoms with Crippen LogP contribution in [-0.2, 0) is 0 Å². The molecule has 1 saturated heterocycles. The Morgan fingerprint density at radius 3 is 2.62 bits per heavy atom. The summed E-state index contributed by atoms with van der Waals surface area (Å²) in [5.74, 6) is -1.49. The minimum absolute atomic E-state index is 0.0547. The molecule has 3 aromatic rings. The number of aromatic nitrogens is 1. The Balaban J connectivity index is 1.44. The van der Waals surface area contributed by atoms with Gasteiger partial charge in [-0.05, 0) is 30.3 Å². The number of hydrogen-bond acceptors (Lipinski definition) is 5. The van der Waals surface area contributed by atoms with Crippen LogP contribution in [0, 0.1) is 11.7 Å². The molecule has 3 N–H and O–H groups in total. The third-order valence-electron chi connectivity index (χ3n) is 6.11. The smallest absolute Gasteiger partial charge is 0.407 e. The van der Waals surface area contributed by atoms with Gasteiger partial charge in [-0.1, -0.05) is 17.7 Å². The van der Waals surface area contributed by atoms with Crippen molar-refractivity contribution < 1.29 is 23.9 Å². The second kappa shape index (κ2) is 11.0. The first-order chi connectivity index (χ1) is 17.6. The van der Waals surface area contributed by atoms with Crippen molar-refractivity contribution in [3.63, 3.8) is 0 Å². The van der Waals surface area contributed by atoms with Gasteiger partial charge in [-0.3, -0.25) is 14.2 Å². The molecule has 0 bridgehead atoms. The van der Waals surface area contributed by atoms with E-state index < -0.39 is 29.9 Å². The van der Waals surface area contributed by atoms with Crippen molar-refractivity contribution in [2.24, 2.45) is 5.92 Å². The molecule has 13 heteroatoms. The van der Waals surface area contributed by atoms with Gasteiger partial charge < -0.3 is 25.5 Å². The van der Waals surface area contributed by atoms with E-state index in [1.807, 2.05) is 0 Å². The van der Waals surface area contributed by atoms with E-state index in [9.17, 15) is 28.7 Å². The first-order valence-electron chi connectivity index (χ1n) is 11.2. The summed E-state index contributed by atoms with van der Waals surface area (Å²) in [6.45, 7) is 0.313. The summed E-state index contributed by atoms with van der Waals surface area (Å²) in [6, 6.07) is 10.5. The van der Waals surface area contributed by atoms with E-state index in [-0.39, 0.29) is 36.8 Å². The van der Waals surface area contributed by atoms with Crippen LogP contribution < -0.4 is 16.2 Å². The van der Waals surface area contributed by atoms with E-state index >= 15 is 0 Å². The molecule has 1 aliphatic heterocycles. The Morgan fingerprint density at radius 1 is 1.19 bits per heavy atom. The number of benzene rings is 1. The molecule has 0 saturated carbocycles. The molecule has 2 atom stereocenters. The number of nitrogens with zero attached hydrogens (tertiary/aromatic N) is 3. The second-order valence-electron chi connectivity index (χ2n) is 8.44. The summed E-state index contributed by atoms with van der Waals surface area (Å²) < 4.78 is 16.5. The average Bonchev–Trinajstić information content (AvgIpc) is 3.50. The first-order valence-corrected chi connectivity index (χ1v) is 12.4. The van der Waals surface area contributed by atoms with Crippen LogP contribution in [0.25, 0.3) is 5.69 Å². The number of carboxylic acid groups (broad SMARTS) is 1. The van der Waals surface area contributed by atoms with Crippen LogP contribution >= 0.6 is 22.9 Å². The summed E-state index contributed by atoms with van der Waals surface area (Å²) in [5.41, 5.74) is -0.120. The molecule has 3 heterocycles. The lowest BCUT2D eigenvalue weighted by Crippen LogP contribution is -2.45. The maximum atomic E-state index is 14.8. The van der Waals surface area contributed by atoms with Crippen LogP contribution in [0.3, 0.4) is 0 Å². The number of thiophene rings is 1. The topological polar surface area (TPSA) is 124 Å². The van der Waals surface area contributed by atoms with Crippen LogP contribution in [0.2, 0.25) is 4.34 Å². The Labute approximate surface area is 219 Å². The van der Waals surface area contributed by atoms with E-state index in [1.165, 1.54) is 40.9 Å². The Kier molecular flexibility index (Phi) is 7.79. The number of likely N-dealkylation sites (N-methyl/N-ethyl adjacent to an activating group) is 1. The predicted molar refractivity (Wildman–Crippen MR) is 137 cm³/mol. The summed E-state index contributed by atoms with van der Waals surface area (Å²) in [4.78, 5) is 51.9. The van der Waals surface area contributed by atoms with Crippen molar-refractivity contribution in [1.82, 2.24) is 19.7 Å².